The number of benzene rings is 2. The Morgan fingerprint density at radius 3 is 2.20 bits per heavy atom. The zero-order valence-electron chi connectivity index (χ0n) is 20.1. The number of hydrogen-bond donors (Lipinski definition) is 0. The van der Waals surface area contributed by atoms with Gasteiger partial charge in [-0.15, -0.1) is 10.2 Å². The van der Waals surface area contributed by atoms with Crippen molar-refractivity contribution in [2.24, 2.45) is 0 Å². The predicted octanol–water partition coefficient (Wildman–Crippen LogP) is 3.55. The number of nitrogens with zero attached hydrogens (tertiary/aromatic N) is 4. The van der Waals surface area contributed by atoms with E-state index in [0.29, 0.717) is 42.6 Å². The van der Waals surface area contributed by atoms with Crippen molar-refractivity contribution < 1.29 is 17.9 Å². The third-order valence-corrected chi connectivity index (χ3v) is 8.74. The highest BCUT2D eigenvalue weighted by Crippen LogP contribution is 2.32. The van der Waals surface area contributed by atoms with Crippen LogP contribution in [0.4, 0.5) is 5.82 Å². The van der Waals surface area contributed by atoms with Crippen LogP contribution >= 0.6 is 0 Å². The summed E-state index contributed by atoms with van der Waals surface area (Å²) in [6, 6.07) is 15.1. The van der Waals surface area contributed by atoms with E-state index in [1.54, 1.807) is 24.6 Å². The van der Waals surface area contributed by atoms with Crippen molar-refractivity contribution in [1.82, 2.24) is 14.5 Å². The highest BCUT2D eigenvalue weighted by Gasteiger charge is 2.29. The lowest BCUT2D eigenvalue weighted by molar-refractivity contribution is 0.355. The Labute approximate surface area is 206 Å². The second-order valence-electron chi connectivity index (χ2n) is 8.88. The van der Waals surface area contributed by atoms with Crippen molar-refractivity contribution in [3.63, 3.8) is 0 Å². The van der Waals surface area contributed by atoms with Crippen LogP contribution in [0.1, 0.15) is 24.0 Å². The molecule has 8 nitrogen and oxygen atoms in total. The second kappa shape index (κ2) is 9.83. The first-order valence-electron chi connectivity index (χ1n) is 11.9. The molecule has 1 saturated heterocycles. The Kier molecular flexibility index (Phi) is 6.62. The van der Waals surface area contributed by atoms with Gasteiger partial charge in [0.1, 0.15) is 0 Å². The molecule has 5 rings (SSSR count). The number of hydrogen-bond acceptors (Lipinski definition) is 7. The van der Waals surface area contributed by atoms with Crippen molar-refractivity contribution in [3.8, 4) is 22.8 Å². The van der Waals surface area contributed by atoms with Gasteiger partial charge < -0.3 is 14.4 Å². The zero-order chi connectivity index (χ0) is 24.4. The average molecular weight is 495 g/mol. The van der Waals surface area contributed by atoms with Crippen molar-refractivity contribution in [1.29, 1.82) is 0 Å². The molecule has 1 aliphatic heterocycles. The predicted molar refractivity (Wildman–Crippen MR) is 135 cm³/mol. The summed E-state index contributed by atoms with van der Waals surface area (Å²) in [6.07, 6.45) is 4.31. The molecular weight excluding hydrogens is 464 g/mol. The Balaban J connectivity index is 1.26. The molecule has 35 heavy (non-hydrogen) atoms. The van der Waals surface area contributed by atoms with Gasteiger partial charge in [-0.3, -0.25) is 0 Å². The number of methoxy groups -OCH3 is 2. The summed E-state index contributed by atoms with van der Waals surface area (Å²) in [7, 11) is -0.308. The standard InChI is InChI=1S/C26H30N4O4S/c1-33-24-11-8-21(18-25(24)34-2)23-10-12-26(28-27-23)29-13-15-30(16-14-29)35(31,32)22-9-7-19-5-3-4-6-20(19)17-22/h7-12,17-18H,3-6,13-16H2,1-2H3. The van der Waals surface area contributed by atoms with Crippen molar-refractivity contribution >= 4 is 15.8 Å². The summed E-state index contributed by atoms with van der Waals surface area (Å²) < 4.78 is 38.8. The number of ether oxygens (including phenoxy) is 2. The van der Waals surface area contributed by atoms with E-state index in [0.717, 1.165) is 36.3 Å². The van der Waals surface area contributed by atoms with Crippen LogP contribution in [0.25, 0.3) is 11.3 Å². The highest BCUT2D eigenvalue weighted by atomic mass is 32.2. The van der Waals surface area contributed by atoms with Gasteiger partial charge in [-0.1, -0.05) is 6.07 Å². The molecule has 1 fully saturated rings. The lowest BCUT2D eigenvalue weighted by atomic mass is 9.92. The number of piperazine rings is 1. The first kappa shape index (κ1) is 23.6. The largest absolute Gasteiger partial charge is 0.493 e. The van der Waals surface area contributed by atoms with Gasteiger partial charge in [-0.05, 0) is 79.3 Å². The van der Waals surface area contributed by atoms with Crippen LogP contribution in [0.3, 0.4) is 0 Å². The number of fused-ring (bicyclic) bond motifs is 1. The summed E-state index contributed by atoms with van der Waals surface area (Å²) in [5, 5.41) is 8.80. The molecule has 9 heteroatoms. The van der Waals surface area contributed by atoms with E-state index >= 15 is 0 Å². The molecule has 1 aliphatic carbocycles. The molecule has 184 valence electrons. The van der Waals surface area contributed by atoms with Gasteiger partial charge in [0.25, 0.3) is 0 Å². The minimum Gasteiger partial charge on any atom is -0.493 e. The minimum atomic E-state index is -3.51. The van der Waals surface area contributed by atoms with Gasteiger partial charge in [0.15, 0.2) is 17.3 Å². The van der Waals surface area contributed by atoms with Crippen LogP contribution in [0, 0.1) is 0 Å². The summed E-state index contributed by atoms with van der Waals surface area (Å²) >= 11 is 0. The van der Waals surface area contributed by atoms with Gasteiger partial charge in [0, 0.05) is 31.7 Å². The van der Waals surface area contributed by atoms with E-state index in [-0.39, 0.29) is 0 Å². The van der Waals surface area contributed by atoms with E-state index in [1.165, 1.54) is 17.5 Å². The van der Waals surface area contributed by atoms with Crippen molar-refractivity contribution in [3.05, 3.63) is 59.7 Å². The SMILES string of the molecule is COc1ccc(-c2ccc(N3CCN(S(=O)(=O)c4ccc5c(c4)CCCC5)CC3)nn2)cc1OC. The maximum absolute atomic E-state index is 13.3. The molecule has 3 aromatic rings. The summed E-state index contributed by atoms with van der Waals surface area (Å²) in [4.78, 5) is 2.48. The van der Waals surface area contributed by atoms with E-state index in [9.17, 15) is 8.42 Å². The van der Waals surface area contributed by atoms with Crippen LogP contribution < -0.4 is 14.4 Å². The minimum absolute atomic E-state index is 0.408. The Morgan fingerprint density at radius 2 is 1.51 bits per heavy atom. The molecule has 0 spiro atoms. The van der Waals surface area contributed by atoms with E-state index < -0.39 is 10.0 Å². The third-order valence-electron chi connectivity index (χ3n) is 6.85. The maximum Gasteiger partial charge on any atom is 0.243 e. The molecule has 0 bridgehead atoms. The van der Waals surface area contributed by atoms with E-state index in [4.69, 9.17) is 9.47 Å². The van der Waals surface area contributed by atoms with Crippen LogP contribution in [0.15, 0.2) is 53.4 Å². The summed E-state index contributed by atoms with van der Waals surface area (Å²) in [6.45, 7) is 1.96. The molecule has 0 N–H and O–H groups in total. The molecule has 0 radical (unpaired) electrons. The van der Waals surface area contributed by atoms with Crippen molar-refractivity contribution in [2.75, 3.05) is 45.3 Å². The third kappa shape index (κ3) is 4.70. The summed E-state index contributed by atoms with van der Waals surface area (Å²) in [5.74, 6) is 2.02. The lowest BCUT2D eigenvalue weighted by Gasteiger charge is -2.34. The highest BCUT2D eigenvalue weighted by molar-refractivity contribution is 7.89. The molecule has 1 aromatic heterocycles. The fourth-order valence-corrected chi connectivity index (χ4v) is 6.29. The van der Waals surface area contributed by atoms with Crippen LogP contribution in [0.2, 0.25) is 0 Å². The molecule has 2 aromatic carbocycles. The van der Waals surface area contributed by atoms with Crippen LogP contribution in [-0.4, -0.2) is 63.3 Å². The molecule has 0 saturated carbocycles. The van der Waals surface area contributed by atoms with Crippen LogP contribution in [-0.2, 0) is 22.9 Å². The molecular formula is C26H30N4O4S. The number of anilines is 1. The Morgan fingerprint density at radius 1 is 0.771 bits per heavy atom. The van der Waals surface area contributed by atoms with Gasteiger partial charge >= 0.3 is 0 Å². The van der Waals surface area contributed by atoms with Crippen LogP contribution in [0.5, 0.6) is 11.5 Å². The molecule has 0 atom stereocenters. The molecule has 2 heterocycles. The fourth-order valence-electron chi connectivity index (χ4n) is 4.82. The monoisotopic (exact) mass is 494 g/mol. The smallest absolute Gasteiger partial charge is 0.243 e. The van der Waals surface area contributed by atoms with Crippen molar-refractivity contribution in [2.45, 2.75) is 30.6 Å². The lowest BCUT2D eigenvalue weighted by Crippen LogP contribution is -2.49. The Hall–Kier alpha value is -3.17. The van der Waals surface area contributed by atoms with Gasteiger partial charge in [-0.25, -0.2) is 8.42 Å². The molecule has 2 aliphatic rings. The van der Waals surface area contributed by atoms with E-state index in [1.807, 2.05) is 42.5 Å². The number of aromatic nitrogens is 2. The van der Waals surface area contributed by atoms with Gasteiger partial charge in [-0.2, -0.15) is 4.31 Å². The van der Waals surface area contributed by atoms with Gasteiger partial charge in [0.2, 0.25) is 10.0 Å². The first-order chi connectivity index (χ1) is 17.0. The zero-order valence-corrected chi connectivity index (χ0v) is 20.9. The number of sulfonamides is 1. The van der Waals surface area contributed by atoms with Gasteiger partial charge in [0.05, 0.1) is 24.8 Å². The normalized spacial score (nSPS) is 16.6. The second-order valence-corrected chi connectivity index (χ2v) is 10.8. The molecule has 0 unspecified atom stereocenters. The van der Waals surface area contributed by atoms with E-state index in [2.05, 4.69) is 15.1 Å². The maximum atomic E-state index is 13.3. The molecule has 0 amide bonds. The summed E-state index contributed by atoms with van der Waals surface area (Å²) in [5.41, 5.74) is 4.07. The quantitative estimate of drug-likeness (QED) is 0.518. The topological polar surface area (TPSA) is 84.9 Å². The number of rotatable bonds is 6. The fraction of sp³-hybridized carbons (Fsp3) is 0.385. The Bertz CT molecular complexity index is 1300. The number of aryl methyl sites for hydroxylation is 2. The first-order valence-corrected chi connectivity index (χ1v) is 13.4. The average Bonchev–Trinajstić information content (AvgIpc) is 2.92.